The average Bonchev–Trinajstić information content (AvgIpc) is 3.68. The Bertz CT molecular complexity index is 1530. The number of morpholine rings is 1. The first kappa shape index (κ1) is 23.1. The molecule has 1 aliphatic heterocycles. The van der Waals surface area contributed by atoms with Crippen molar-refractivity contribution in [3.8, 4) is 22.6 Å². The summed E-state index contributed by atoms with van der Waals surface area (Å²) in [6.45, 7) is 6.73. The average molecular weight is 497 g/mol. The molecule has 0 saturated carbocycles. The van der Waals surface area contributed by atoms with Gasteiger partial charge in [-0.3, -0.25) is 18.9 Å². The highest BCUT2D eigenvalue weighted by Gasteiger charge is 2.13. The fourth-order valence-corrected chi connectivity index (χ4v) is 4.65. The van der Waals surface area contributed by atoms with Crippen LogP contribution < -0.4 is 5.32 Å². The van der Waals surface area contributed by atoms with Crippen LogP contribution in [0.5, 0.6) is 0 Å². The van der Waals surface area contributed by atoms with Crippen LogP contribution in [0.15, 0.2) is 73.4 Å². The number of carbonyl (C=O) groups excluding carboxylic acids is 1. The van der Waals surface area contributed by atoms with Gasteiger partial charge in [0.05, 0.1) is 42.7 Å². The van der Waals surface area contributed by atoms with Crippen LogP contribution in [0.3, 0.4) is 0 Å². The number of carbonyl (C=O) groups is 1. The first-order valence-electron chi connectivity index (χ1n) is 12.4. The quantitative estimate of drug-likeness (QED) is 0.371. The van der Waals surface area contributed by atoms with Gasteiger partial charge in [-0.2, -0.15) is 0 Å². The normalized spacial score (nSPS) is 14.3. The molecule has 2 aromatic carbocycles. The van der Waals surface area contributed by atoms with E-state index in [9.17, 15) is 4.79 Å². The molecule has 4 heterocycles. The predicted molar refractivity (Wildman–Crippen MR) is 141 cm³/mol. The molecule has 0 bridgehead atoms. The first-order valence-corrected chi connectivity index (χ1v) is 12.4. The van der Waals surface area contributed by atoms with Gasteiger partial charge >= 0.3 is 0 Å². The molecule has 1 fully saturated rings. The van der Waals surface area contributed by atoms with Gasteiger partial charge in [0.1, 0.15) is 12.0 Å². The molecule has 10 nitrogen and oxygen atoms in total. The Hall–Kier alpha value is -4.28. The minimum absolute atomic E-state index is 0.117. The van der Waals surface area contributed by atoms with Gasteiger partial charge in [0, 0.05) is 55.9 Å². The summed E-state index contributed by atoms with van der Waals surface area (Å²) in [5, 5.41) is 11.6. The molecule has 188 valence electrons. The lowest BCUT2D eigenvalue weighted by molar-refractivity contribution is -0.114. The molecule has 0 unspecified atom stereocenters. The van der Waals surface area contributed by atoms with E-state index in [2.05, 4.69) is 31.6 Å². The molecule has 1 N–H and O–H groups in total. The van der Waals surface area contributed by atoms with Crippen LogP contribution in [0.25, 0.3) is 33.7 Å². The van der Waals surface area contributed by atoms with E-state index < -0.39 is 0 Å². The van der Waals surface area contributed by atoms with Gasteiger partial charge in [0.15, 0.2) is 0 Å². The second-order valence-electron chi connectivity index (χ2n) is 9.15. The van der Waals surface area contributed by atoms with Crippen molar-refractivity contribution in [1.82, 2.24) is 34.0 Å². The Morgan fingerprint density at radius 2 is 1.84 bits per heavy atom. The maximum atomic E-state index is 11.8. The number of ether oxygens (including phenoxy) is 1. The first-order chi connectivity index (χ1) is 18.1. The lowest BCUT2D eigenvalue weighted by Crippen LogP contribution is -2.38. The fourth-order valence-electron chi connectivity index (χ4n) is 4.65. The maximum Gasteiger partial charge on any atom is 0.221 e. The van der Waals surface area contributed by atoms with Crippen molar-refractivity contribution in [3.63, 3.8) is 0 Å². The summed E-state index contributed by atoms with van der Waals surface area (Å²) in [7, 11) is 0. The largest absolute Gasteiger partial charge is 0.379 e. The summed E-state index contributed by atoms with van der Waals surface area (Å²) in [5.41, 5.74) is 6.17. The van der Waals surface area contributed by atoms with Gasteiger partial charge in [-0.05, 0) is 42.5 Å². The Morgan fingerprint density at radius 3 is 2.65 bits per heavy atom. The Labute approximate surface area is 214 Å². The zero-order valence-electron chi connectivity index (χ0n) is 20.6. The highest BCUT2D eigenvalue weighted by Crippen LogP contribution is 2.27. The van der Waals surface area contributed by atoms with Crippen molar-refractivity contribution in [2.24, 2.45) is 0 Å². The lowest BCUT2D eigenvalue weighted by Gasteiger charge is -2.26. The van der Waals surface area contributed by atoms with Gasteiger partial charge in [-0.15, -0.1) is 5.10 Å². The molecule has 5 aromatic rings. The van der Waals surface area contributed by atoms with E-state index in [-0.39, 0.29) is 5.91 Å². The highest BCUT2D eigenvalue weighted by atomic mass is 16.5. The van der Waals surface area contributed by atoms with Gasteiger partial charge in [-0.25, -0.2) is 4.98 Å². The zero-order chi connectivity index (χ0) is 25.2. The number of anilines is 1. The van der Waals surface area contributed by atoms with E-state index in [0.29, 0.717) is 0 Å². The number of benzene rings is 2. The van der Waals surface area contributed by atoms with Crippen LogP contribution in [-0.4, -0.2) is 72.8 Å². The number of aromatic nitrogens is 6. The van der Waals surface area contributed by atoms with Gasteiger partial charge in [0.2, 0.25) is 5.91 Å². The fraction of sp³-hybridized carbons (Fsp3) is 0.259. The molecular weight excluding hydrogens is 468 g/mol. The monoisotopic (exact) mass is 496 g/mol. The Kier molecular flexibility index (Phi) is 6.25. The van der Waals surface area contributed by atoms with E-state index in [0.717, 1.165) is 78.7 Å². The molecule has 37 heavy (non-hydrogen) atoms. The molecule has 0 radical (unpaired) electrons. The van der Waals surface area contributed by atoms with Crippen molar-refractivity contribution in [2.45, 2.75) is 13.5 Å². The second-order valence-corrected chi connectivity index (χ2v) is 9.15. The number of nitrogens with one attached hydrogen (secondary N) is 1. The molecule has 0 spiro atoms. The summed E-state index contributed by atoms with van der Waals surface area (Å²) >= 11 is 0. The number of fused-ring (bicyclic) bond motifs is 1. The van der Waals surface area contributed by atoms with Gasteiger partial charge < -0.3 is 14.6 Å². The zero-order valence-corrected chi connectivity index (χ0v) is 20.6. The van der Waals surface area contributed by atoms with Crippen LogP contribution >= 0.6 is 0 Å². The maximum absolute atomic E-state index is 11.8. The molecule has 0 atom stereocenters. The molecular formula is C27H28N8O2. The van der Waals surface area contributed by atoms with Gasteiger partial charge in [0.25, 0.3) is 0 Å². The predicted octanol–water partition coefficient (Wildman–Crippen LogP) is 3.37. The van der Waals surface area contributed by atoms with E-state index in [1.165, 1.54) is 6.92 Å². The molecule has 10 heteroatoms. The minimum Gasteiger partial charge on any atom is -0.379 e. The minimum atomic E-state index is -0.117. The van der Waals surface area contributed by atoms with E-state index >= 15 is 0 Å². The van der Waals surface area contributed by atoms with Crippen molar-refractivity contribution in [3.05, 3.63) is 73.4 Å². The highest BCUT2D eigenvalue weighted by molar-refractivity contribution is 5.90. The van der Waals surface area contributed by atoms with Crippen molar-refractivity contribution >= 4 is 22.6 Å². The van der Waals surface area contributed by atoms with Gasteiger partial charge in [-0.1, -0.05) is 11.3 Å². The summed E-state index contributed by atoms with van der Waals surface area (Å²) < 4.78 is 11.3. The van der Waals surface area contributed by atoms with E-state index in [4.69, 9.17) is 4.74 Å². The smallest absolute Gasteiger partial charge is 0.221 e. The van der Waals surface area contributed by atoms with Crippen LogP contribution in [0.2, 0.25) is 0 Å². The second kappa shape index (κ2) is 10.00. The third-order valence-electron chi connectivity index (χ3n) is 6.53. The molecule has 6 rings (SSSR count). The Balaban J connectivity index is 1.27. The molecule has 1 aliphatic rings. The lowest BCUT2D eigenvalue weighted by atomic mass is 10.1. The van der Waals surface area contributed by atoms with E-state index in [1.54, 1.807) is 6.33 Å². The van der Waals surface area contributed by atoms with Crippen molar-refractivity contribution in [1.29, 1.82) is 0 Å². The summed E-state index contributed by atoms with van der Waals surface area (Å²) in [5.74, 6) is -0.117. The topological polar surface area (TPSA) is 95.0 Å². The number of hydrogen-bond acceptors (Lipinski definition) is 6. The number of amides is 1. The van der Waals surface area contributed by atoms with Crippen molar-refractivity contribution in [2.75, 3.05) is 38.2 Å². The summed E-state index contributed by atoms with van der Waals surface area (Å²) in [4.78, 5) is 18.8. The number of imidazole rings is 1. The van der Waals surface area contributed by atoms with Crippen LogP contribution in [-0.2, 0) is 16.1 Å². The van der Waals surface area contributed by atoms with Crippen LogP contribution in [0, 0.1) is 0 Å². The SMILES string of the molecule is CC(=O)Nc1cc(-n2cccc2)cc(-n2cnc3cc(-c4cn(CCN5CCOCC5)nn4)ccc32)c1. The standard InChI is InChI=1S/C27H28N8O2/c1-20(36)29-22-15-23(33-6-2-3-7-33)17-24(16-22)35-19-28-25-14-21(4-5-27(25)35)26-18-34(31-30-26)9-8-32-10-12-37-13-11-32/h2-7,14-19H,8-13H2,1H3,(H,29,36). The molecule has 3 aromatic heterocycles. The van der Waals surface area contributed by atoms with E-state index in [1.807, 2.05) is 74.9 Å². The number of nitrogens with zero attached hydrogens (tertiary/aromatic N) is 7. The summed E-state index contributed by atoms with van der Waals surface area (Å²) in [6, 6.07) is 16.0. The van der Waals surface area contributed by atoms with Crippen molar-refractivity contribution < 1.29 is 9.53 Å². The Morgan fingerprint density at radius 1 is 1.03 bits per heavy atom. The third kappa shape index (κ3) is 5.02. The van der Waals surface area contributed by atoms with Crippen LogP contribution in [0.4, 0.5) is 5.69 Å². The molecule has 0 aliphatic carbocycles. The summed E-state index contributed by atoms with van der Waals surface area (Å²) in [6.07, 6.45) is 7.74. The number of rotatable bonds is 7. The number of hydrogen-bond donors (Lipinski definition) is 1. The third-order valence-corrected chi connectivity index (χ3v) is 6.53. The van der Waals surface area contributed by atoms with Crippen LogP contribution in [0.1, 0.15) is 6.92 Å². The molecule has 1 amide bonds. The molecule has 1 saturated heterocycles.